The molecular formula is C16H18N4O3S. The van der Waals surface area contributed by atoms with E-state index in [0.717, 1.165) is 35.7 Å². The minimum absolute atomic E-state index is 0.0872. The van der Waals surface area contributed by atoms with Crippen LogP contribution in [-0.4, -0.2) is 42.8 Å². The third-order valence-corrected chi connectivity index (χ3v) is 6.90. The summed E-state index contributed by atoms with van der Waals surface area (Å²) in [7, 11) is 0. The van der Waals surface area contributed by atoms with E-state index in [9.17, 15) is 14.4 Å². The molecule has 0 radical (unpaired) electrons. The van der Waals surface area contributed by atoms with E-state index in [0.29, 0.717) is 22.6 Å². The highest BCUT2D eigenvalue weighted by Crippen LogP contribution is 2.58. The molecule has 126 valence electrons. The SMILES string of the molecule is O=C1C(=O)N(C23CC4CC(CC(C4)C2)C3)C(=O)N1Cc1cnns1. The highest BCUT2D eigenvalue weighted by Gasteiger charge is 2.60. The van der Waals surface area contributed by atoms with Gasteiger partial charge >= 0.3 is 17.8 Å². The maximum absolute atomic E-state index is 12.9. The molecule has 0 aromatic carbocycles. The number of hydrogen-bond donors (Lipinski definition) is 0. The summed E-state index contributed by atoms with van der Waals surface area (Å²) in [6.45, 7) is 0.0872. The Balaban J connectivity index is 1.47. The molecule has 6 rings (SSSR count). The van der Waals surface area contributed by atoms with E-state index < -0.39 is 23.4 Å². The van der Waals surface area contributed by atoms with Crippen molar-refractivity contribution in [2.75, 3.05) is 0 Å². The normalized spacial score (nSPS) is 37.8. The molecule has 2 heterocycles. The Morgan fingerprint density at radius 2 is 1.67 bits per heavy atom. The molecule has 8 heteroatoms. The fourth-order valence-electron chi connectivity index (χ4n) is 5.82. The van der Waals surface area contributed by atoms with Crippen molar-refractivity contribution in [3.63, 3.8) is 0 Å². The highest BCUT2D eigenvalue weighted by molar-refractivity contribution is 7.05. The van der Waals surface area contributed by atoms with Crippen molar-refractivity contribution in [3.05, 3.63) is 11.1 Å². The van der Waals surface area contributed by atoms with E-state index in [4.69, 9.17) is 0 Å². The van der Waals surface area contributed by atoms with E-state index in [1.54, 1.807) is 0 Å². The number of carbonyl (C=O) groups excluding carboxylic acids is 3. The number of amides is 4. The van der Waals surface area contributed by atoms with Gasteiger partial charge in [-0.15, -0.1) is 5.10 Å². The van der Waals surface area contributed by atoms with Crippen LogP contribution < -0.4 is 0 Å². The monoisotopic (exact) mass is 346 g/mol. The molecule has 4 amide bonds. The van der Waals surface area contributed by atoms with Crippen LogP contribution in [0.4, 0.5) is 4.79 Å². The van der Waals surface area contributed by atoms with Gasteiger partial charge in [-0.2, -0.15) is 0 Å². The second-order valence-electron chi connectivity index (χ2n) is 7.84. The minimum atomic E-state index is -0.704. The zero-order valence-electron chi connectivity index (χ0n) is 13.2. The van der Waals surface area contributed by atoms with Gasteiger partial charge in [-0.1, -0.05) is 4.49 Å². The number of aromatic nitrogens is 2. The van der Waals surface area contributed by atoms with Crippen LogP contribution in [0.25, 0.3) is 0 Å². The summed E-state index contributed by atoms with van der Waals surface area (Å²) in [6.07, 6.45) is 7.82. The Kier molecular flexibility index (Phi) is 2.93. The lowest BCUT2D eigenvalue weighted by molar-refractivity contribution is -0.150. The number of imide groups is 2. The van der Waals surface area contributed by atoms with Gasteiger partial charge in [-0.25, -0.2) is 14.6 Å². The predicted octanol–water partition coefficient (Wildman–Crippen LogP) is 1.80. The van der Waals surface area contributed by atoms with Crippen molar-refractivity contribution in [1.82, 2.24) is 19.4 Å². The van der Waals surface area contributed by atoms with Gasteiger partial charge < -0.3 is 0 Å². The summed E-state index contributed by atoms with van der Waals surface area (Å²) in [6, 6.07) is -0.444. The smallest absolute Gasteiger partial charge is 0.263 e. The first-order valence-electron chi connectivity index (χ1n) is 8.52. The molecular weight excluding hydrogens is 328 g/mol. The molecule has 4 saturated carbocycles. The van der Waals surface area contributed by atoms with Crippen LogP contribution in [0, 0.1) is 17.8 Å². The van der Waals surface area contributed by atoms with Crippen LogP contribution in [0.15, 0.2) is 6.20 Å². The summed E-state index contributed by atoms with van der Waals surface area (Å²) in [4.78, 5) is 41.1. The molecule has 0 spiro atoms. The van der Waals surface area contributed by atoms with Crippen LogP contribution in [0.3, 0.4) is 0 Å². The summed E-state index contributed by atoms with van der Waals surface area (Å²) >= 11 is 1.14. The maximum Gasteiger partial charge on any atom is 0.335 e. The number of hydrogen-bond acceptors (Lipinski definition) is 6. The first-order valence-corrected chi connectivity index (χ1v) is 9.29. The standard InChI is InChI=1S/C16H18N4O3S/c21-13-14(22)20(15(23)19(13)8-12-7-17-18-24-12)16-4-9-1-10(5-16)3-11(2-9)6-16/h7,9-11H,1-6,8H2. The molecule has 5 fully saturated rings. The van der Waals surface area contributed by atoms with Crippen molar-refractivity contribution in [3.8, 4) is 0 Å². The molecule has 1 saturated heterocycles. The van der Waals surface area contributed by atoms with Gasteiger partial charge in [0.15, 0.2) is 0 Å². The molecule has 1 aliphatic heterocycles. The van der Waals surface area contributed by atoms with E-state index in [2.05, 4.69) is 9.59 Å². The summed E-state index contributed by atoms with van der Waals surface area (Å²) in [5.74, 6) is 0.466. The molecule has 4 bridgehead atoms. The molecule has 0 unspecified atom stereocenters. The topological polar surface area (TPSA) is 83.5 Å². The summed E-state index contributed by atoms with van der Waals surface area (Å²) in [5, 5.41) is 3.73. The van der Waals surface area contributed by atoms with E-state index in [-0.39, 0.29) is 6.54 Å². The van der Waals surface area contributed by atoms with Crippen molar-refractivity contribution in [1.29, 1.82) is 0 Å². The zero-order valence-corrected chi connectivity index (χ0v) is 14.0. The summed E-state index contributed by atoms with van der Waals surface area (Å²) in [5.41, 5.74) is -0.417. The number of carbonyl (C=O) groups is 3. The zero-order chi connectivity index (χ0) is 16.5. The third-order valence-electron chi connectivity index (χ3n) is 6.25. The largest absolute Gasteiger partial charge is 0.335 e. The Morgan fingerprint density at radius 1 is 1.04 bits per heavy atom. The van der Waals surface area contributed by atoms with Gasteiger partial charge in [-0.3, -0.25) is 9.59 Å². The quantitative estimate of drug-likeness (QED) is 0.615. The fraction of sp³-hybridized carbons (Fsp3) is 0.688. The first kappa shape index (κ1) is 14.5. The van der Waals surface area contributed by atoms with Crippen molar-refractivity contribution in [2.45, 2.75) is 50.6 Å². The highest BCUT2D eigenvalue weighted by atomic mass is 32.1. The molecule has 24 heavy (non-hydrogen) atoms. The van der Waals surface area contributed by atoms with Crippen molar-refractivity contribution < 1.29 is 14.4 Å². The van der Waals surface area contributed by atoms with Crippen molar-refractivity contribution in [2.24, 2.45) is 17.8 Å². The van der Waals surface area contributed by atoms with Gasteiger partial charge in [-0.05, 0) is 67.8 Å². The van der Waals surface area contributed by atoms with Crippen LogP contribution in [0.5, 0.6) is 0 Å². The molecule has 1 aromatic heterocycles. The average Bonchev–Trinajstić information content (AvgIpc) is 3.09. The lowest BCUT2D eigenvalue weighted by atomic mass is 9.52. The maximum atomic E-state index is 12.9. The van der Waals surface area contributed by atoms with E-state index in [1.807, 2.05) is 0 Å². The van der Waals surface area contributed by atoms with E-state index >= 15 is 0 Å². The molecule has 1 aromatic rings. The third kappa shape index (κ3) is 1.92. The van der Waals surface area contributed by atoms with Gasteiger partial charge in [0.05, 0.1) is 23.2 Å². The lowest BCUT2D eigenvalue weighted by Crippen LogP contribution is -2.61. The van der Waals surface area contributed by atoms with Gasteiger partial charge in [0, 0.05) is 0 Å². The molecule has 4 aliphatic carbocycles. The molecule has 5 aliphatic rings. The average molecular weight is 346 g/mol. The van der Waals surface area contributed by atoms with Crippen LogP contribution in [0.2, 0.25) is 0 Å². The molecule has 0 N–H and O–H groups in total. The number of nitrogens with zero attached hydrogens (tertiary/aromatic N) is 4. The van der Waals surface area contributed by atoms with Crippen LogP contribution in [0.1, 0.15) is 43.4 Å². The van der Waals surface area contributed by atoms with Gasteiger partial charge in [0.1, 0.15) is 0 Å². The van der Waals surface area contributed by atoms with Crippen molar-refractivity contribution >= 4 is 29.4 Å². The number of urea groups is 1. The number of rotatable bonds is 3. The second-order valence-corrected chi connectivity index (χ2v) is 8.71. The van der Waals surface area contributed by atoms with Crippen LogP contribution in [-0.2, 0) is 16.1 Å². The Bertz CT molecular complexity index is 696. The fourth-order valence-corrected chi connectivity index (χ4v) is 6.30. The van der Waals surface area contributed by atoms with Gasteiger partial charge in [0.25, 0.3) is 0 Å². The Morgan fingerprint density at radius 3 is 2.21 bits per heavy atom. The summed E-state index contributed by atoms with van der Waals surface area (Å²) < 4.78 is 3.75. The second kappa shape index (κ2) is 4.84. The molecule has 7 nitrogen and oxygen atoms in total. The predicted molar refractivity (Wildman–Crippen MR) is 83.6 cm³/mol. The Labute approximate surface area is 143 Å². The first-order chi connectivity index (χ1) is 11.6. The minimum Gasteiger partial charge on any atom is -0.263 e. The lowest BCUT2D eigenvalue weighted by Gasteiger charge is -2.58. The van der Waals surface area contributed by atoms with Crippen LogP contribution >= 0.6 is 11.5 Å². The molecule has 0 atom stereocenters. The van der Waals surface area contributed by atoms with E-state index in [1.165, 1.54) is 30.4 Å². The van der Waals surface area contributed by atoms with Gasteiger partial charge in [0.2, 0.25) is 0 Å². The Hall–Kier alpha value is -1.83.